The van der Waals surface area contributed by atoms with E-state index in [1.54, 1.807) is 4.57 Å². The summed E-state index contributed by atoms with van der Waals surface area (Å²) in [5, 5.41) is 9.73. The van der Waals surface area contributed by atoms with Crippen molar-refractivity contribution < 1.29 is 9.90 Å². The number of carboxylic acid groups (broad SMARTS) is 1. The number of fused-ring (bicyclic) bond motifs is 3. The Bertz CT molecular complexity index is 1190. The van der Waals surface area contributed by atoms with Crippen LogP contribution >= 0.6 is 0 Å². The lowest BCUT2D eigenvalue weighted by Gasteiger charge is -2.57. The molecule has 1 N–H and O–H groups in total. The Hall–Kier alpha value is -2.21. The number of aromatic nitrogens is 2. The minimum atomic E-state index is -1.23. The lowest BCUT2D eigenvalue weighted by atomic mass is 9.64. The summed E-state index contributed by atoms with van der Waals surface area (Å²) in [6.07, 6.45) is 16.5. The smallest absolute Gasteiger partial charge is 0.360 e. The Labute approximate surface area is 220 Å². The molecule has 200 valence electrons. The number of benzene rings is 1. The Morgan fingerprint density at radius 2 is 1.59 bits per heavy atom. The lowest BCUT2D eigenvalue weighted by molar-refractivity contribution is -0.0646. The van der Waals surface area contributed by atoms with Crippen LogP contribution in [0.15, 0.2) is 29.1 Å². The molecular weight excluding hydrogens is 462 g/mol. The average molecular weight is 506 g/mol. The minimum absolute atomic E-state index is 0.0254. The quantitative estimate of drug-likeness (QED) is 0.507. The molecule has 2 aromatic rings. The first kappa shape index (κ1) is 25.1. The molecule has 3 heterocycles. The van der Waals surface area contributed by atoms with Crippen LogP contribution in [-0.2, 0) is 0 Å². The zero-order valence-corrected chi connectivity index (χ0v) is 22.6. The maximum absolute atomic E-state index is 13.5. The Kier molecular flexibility index (Phi) is 6.67. The number of carboxylic acids is 1. The molecule has 0 radical (unpaired) electrons. The molecule has 2 saturated carbocycles. The van der Waals surface area contributed by atoms with Gasteiger partial charge in [-0.05, 0) is 81.3 Å². The van der Waals surface area contributed by atoms with Gasteiger partial charge in [0.2, 0.25) is 5.69 Å². The third-order valence-corrected chi connectivity index (χ3v) is 10.3. The molecule has 2 unspecified atom stereocenters. The molecule has 1 aromatic heterocycles. The van der Waals surface area contributed by atoms with Crippen molar-refractivity contribution in [3.8, 4) is 0 Å². The third-order valence-electron chi connectivity index (χ3n) is 10.3. The molecule has 2 aliphatic heterocycles. The normalized spacial score (nSPS) is 35.1. The van der Waals surface area contributed by atoms with Crippen molar-refractivity contribution in [2.45, 2.75) is 121 Å². The second-order valence-corrected chi connectivity index (χ2v) is 13.1. The van der Waals surface area contributed by atoms with Crippen LogP contribution in [0.4, 0.5) is 0 Å². The summed E-state index contributed by atoms with van der Waals surface area (Å²) in [6.45, 7) is 4.94. The van der Waals surface area contributed by atoms with Gasteiger partial charge in [0.15, 0.2) is 0 Å². The van der Waals surface area contributed by atoms with Gasteiger partial charge in [-0.1, -0.05) is 58.1 Å². The number of nitrogens with zero attached hydrogens (tertiary/aromatic N) is 3. The molecule has 2 bridgehead atoms. The number of para-hydroxylation sites is 2. The molecule has 4 fully saturated rings. The highest BCUT2D eigenvalue weighted by molar-refractivity contribution is 5.88. The van der Waals surface area contributed by atoms with E-state index in [2.05, 4.69) is 23.7 Å². The van der Waals surface area contributed by atoms with Gasteiger partial charge in [-0.2, -0.15) is 0 Å². The van der Waals surface area contributed by atoms with Gasteiger partial charge in [-0.3, -0.25) is 9.69 Å². The number of rotatable bonds is 5. The van der Waals surface area contributed by atoms with Crippen molar-refractivity contribution in [1.82, 2.24) is 14.5 Å². The first-order valence-electron chi connectivity index (χ1n) is 14.9. The van der Waals surface area contributed by atoms with Crippen LogP contribution in [0.5, 0.6) is 0 Å². The van der Waals surface area contributed by atoms with Crippen molar-refractivity contribution in [2.75, 3.05) is 0 Å². The fourth-order valence-corrected chi connectivity index (χ4v) is 9.44. The van der Waals surface area contributed by atoms with Gasteiger partial charge in [0, 0.05) is 23.7 Å². The highest BCUT2D eigenvalue weighted by Crippen LogP contribution is 2.53. The van der Waals surface area contributed by atoms with Gasteiger partial charge < -0.3 is 9.67 Å². The molecule has 2 aliphatic carbocycles. The van der Waals surface area contributed by atoms with Crippen LogP contribution in [-0.4, -0.2) is 43.1 Å². The average Bonchev–Trinajstić information content (AvgIpc) is 3.14. The number of hydrogen-bond acceptors (Lipinski definition) is 4. The molecule has 0 amide bonds. The summed E-state index contributed by atoms with van der Waals surface area (Å²) < 4.78 is 1.80. The van der Waals surface area contributed by atoms with Crippen LogP contribution in [0.25, 0.3) is 11.0 Å². The number of aromatic carboxylic acids is 1. The zero-order valence-electron chi connectivity index (χ0n) is 22.6. The van der Waals surface area contributed by atoms with E-state index in [1.807, 2.05) is 24.3 Å². The van der Waals surface area contributed by atoms with E-state index < -0.39 is 11.5 Å². The second kappa shape index (κ2) is 9.83. The molecule has 6 nitrogen and oxygen atoms in total. The molecule has 5 atom stereocenters. The monoisotopic (exact) mass is 505 g/mol. The summed E-state index contributed by atoms with van der Waals surface area (Å²) in [6, 6.07) is 8.51. The van der Waals surface area contributed by atoms with Crippen LogP contribution < -0.4 is 5.56 Å². The molecule has 6 rings (SSSR count). The van der Waals surface area contributed by atoms with Crippen molar-refractivity contribution in [3.63, 3.8) is 0 Å². The Morgan fingerprint density at radius 3 is 2.24 bits per heavy atom. The first-order valence-corrected chi connectivity index (χ1v) is 14.9. The SMILES string of the molecule is CC1CC(C)CC(CC2CCCCC2)(N2[C@@H]3CC[C@H]2C[C@@H](n2c(=O)c(C(=O)O)nc4ccccc42)C3)C1. The van der Waals surface area contributed by atoms with Gasteiger partial charge in [0.05, 0.1) is 11.0 Å². The van der Waals surface area contributed by atoms with Gasteiger partial charge >= 0.3 is 5.97 Å². The van der Waals surface area contributed by atoms with E-state index in [4.69, 9.17) is 0 Å². The fraction of sp³-hybridized carbons (Fsp3) is 0.710. The van der Waals surface area contributed by atoms with E-state index in [1.165, 1.54) is 70.6 Å². The maximum Gasteiger partial charge on any atom is 0.360 e. The third kappa shape index (κ3) is 4.53. The fourth-order valence-electron chi connectivity index (χ4n) is 9.44. The number of hydrogen-bond donors (Lipinski definition) is 1. The molecule has 6 heteroatoms. The van der Waals surface area contributed by atoms with E-state index in [0.29, 0.717) is 17.6 Å². The summed E-state index contributed by atoms with van der Waals surface area (Å²) in [5.74, 6) is 1.14. The van der Waals surface area contributed by atoms with Crippen LogP contribution in [0.1, 0.15) is 114 Å². The Morgan fingerprint density at radius 1 is 0.946 bits per heavy atom. The van der Waals surface area contributed by atoms with E-state index in [9.17, 15) is 14.7 Å². The summed E-state index contributed by atoms with van der Waals surface area (Å²) in [7, 11) is 0. The molecule has 4 aliphatic rings. The van der Waals surface area contributed by atoms with Crippen molar-refractivity contribution in [1.29, 1.82) is 0 Å². The van der Waals surface area contributed by atoms with Gasteiger partial charge in [0.1, 0.15) is 0 Å². The topological polar surface area (TPSA) is 75.4 Å². The van der Waals surface area contributed by atoms with Gasteiger partial charge in [-0.15, -0.1) is 0 Å². The Balaban J connectivity index is 1.35. The molecular formula is C31H43N3O3. The zero-order chi connectivity index (χ0) is 25.7. The molecule has 0 spiro atoms. The lowest BCUT2D eigenvalue weighted by Crippen LogP contribution is -2.61. The number of carbonyl (C=O) groups is 1. The van der Waals surface area contributed by atoms with E-state index in [0.717, 1.165) is 36.1 Å². The standard InChI is InChI=1S/C31H43N3O3/c1-20-14-21(2)18-31(17-20,19-22-8-4-3-5-9-22)34-23-12-13-24(34)16-25(15-23)33-27-11-7-6-10-26(27)32-28(29(33)35)30(36)37/h6-7,10-11,20-25H,3-5,8-9,12-19H2,1-2H3,(H,36,37)/t20?,21?,23-,24+,25+,31?. The predicted octanol–water partition coefficient (Wildman–Crippen LogP) is 6.43. The summed E-state index contributed by atoms with van der Waals surface area (Å²) in [5.41, 5.74) is 0.858. The highest BCUT2D eigenvalue weighted by atomic mass is 16.4. The first-order chi connectivity index (χ1) is 17.8. The van der Waals surface area contributed by atoms with Crippen LogP contribution in [0, 0.1) is 17.8 Å². The van der Waals surface area contributed by atoms with Crippen molar-refractivity contribution in [2.24, 2.45) is 17.8 Å². The van der Waals surface area contributed by atoms with Crippen molar-refractivity contribution in [3.05, 3.63) is 40.3 Å². The van der Waals surface area contributed by atoms with Crippen molar-refractivity contribution >= 4 is 17.0 Å². The highest BCUT2D eigenvalue weighted by Gasteiger charge is 2.53. The van der Waals surface area contributed by atoms with E-state index in [-0.39, 0.29) is 17.3 Å². The molecule has 1 aromatic carbocycles. The maximum atomic E-state index is 13.5. The summed E-state index contributed by atoms with van der Waals surface area (Å²) >= 11 is 0. The molecule has 2 saturated heterocycles. The number of piperidine rings is 1. The van der Waals surface area contributed by atoms with Crippen LogP contribution in [0.3, 0.4) is 0 Å². The molecule has 37 heavy (non-hydrogen) atoms. The summed E-state index contributed by atoms with van der Waals surface area (Å²) in [4.78, 5) is 32.6. The van der Waals surface area contributed by atoms with E-state index >= 15 is 0 Å². The minimum Gasteiger partial charge on any atom is -0.476 e. The largest absolute Gasteiger partial charge is 0.476 e. The van der Waals surface area contributed by atoms with Gasteiger partial charge in [-0.25, -0.2) is 9.78 Å². The predicted molar refractivity (Wildman–Crippen MR) is 146 cm³/mol. The van der Waals surface area contributed by atoms with Crippen LogP contribution in [0.2, 0.25) is 0 Å². The second-order valence-electron chi connectivity index (χ2n) is 13.1. The van der Waals surface area contributed by atoms with Gasteiger partial charge in [0.25, 0.3) is 5.56 Å².